The number of aryl methyl sites for hydroxylation is 1. The molecule has 1 aliphatic carbocycles. The van der Waals surface area contributed by atoms with E-state index in [4.69, 9.17) is 4.98 Å². The average molecular weight is 546 g/mol. The Kier molecular flexibility index (Phi) is 2.61. The molecule has 23 heavy (non-hydrogen) atoms. The van der Waals surface area contributed by atoms with E-state index in [0.29, 0.717) is 0 Å². The fourth-order valence-corrected chi connectivity index (χ4v) is 4.71. The minimum absolute atomic E-state index is 0. The summed E-state index contributed by atoms with van der Waals surface area (Å²) in [6.45, 7) is 4.43. The van der Waals surface area contributed by atoms with Gasteiger partial charge in [-0.3, -0.25) is 4.98 Å². The number of imidazole rings is 1. The van der Waals surface area contributed by atoms with Gasteiger partial charge >= 0.3 is 0 Å². The summed E-state index contributed by atoms with van der Waals surface area (Å²) in [7, 11) is 0. The van der Waals surface area contributed by atoms with Crippen LogP contribution in [-0.4, -0.2) is 25.8 Å². The van der Waals surface area contributed by atoms with E-state index in [1.807, 2.05) is 6.07 Å². The summed E-state index contributed by atoms with van der Waals surface area (Å²) in [6, 6.07) is 12.0. The van der Waals surface area contributed by atoms with Gasteiger partial charge < -0.3 is 4.57 Å². The van der Waals surface area contributed by atoms with Gasteiger partial charge in [0.25, 0.3) is 16.3 Å². The Balaban J connectivity index is 0.00000135. The Hall–Kier alpha value is -2.82. The van der Waals surface area contributed by atoms with Crippen molar-refractivity contribution in [2.45, 2.75) is 26.7 Å². The van der Waals surface area contributed by atoms with Crippen molar-refractivity contribution in [1.29, 1.82) is 0 Å². The predicted octanol–water partition coefficient (Wildman–Crippen LogP) is 2.96. The van der Waals surface area contributed by atoms with Gasteiger partial charge in [-0.25, -0.2) is 0 Å². The van der Waals surface area contributed by atoms with E-state index in [-0.39, 0.29) is 0 Å². The fourth-order valence-electron chi connectivity index (χ4n) is 4.08. The number of allylic oxidation sites excluding steroid dienone is 2. The molecule has 0 atom stereocenters. The summed E-state index contributed by atoms with van der Waals surface area (Å²) in [5.41, 5.74) is 10.8. The molecule has 2 aromatic carbocycles. The maximum atomic E-state index is 4.87. The van der Waals surface area contributed by atoms with E-state index in [1.54, 1.807) is 4.44 Å². The van der Waals surface area contributed by atoms with Gasteiger partial charge in [-0.2, -0.15) is 12.1 Å². The minimum Gasteiger partial charge on any atom is -0.350 e. The molecular formula is C19H16AlBkN2-. The van der Waals surface area contributed by atoms with Gasteiger partial charge in [-0.05, 0) is 35.5 Å². The molecule has 3 aromatic rings. The van der Waals surface area contributed by atoms with Gasteiger partial charge in [0, 0.05) is 17.7 Å². The van der Waals surface area contributed by atoms with Crippen LogP contribution in [0.2, 0.25) is 0 Å². The number of aromatic nitrogens is 2. The van der Waals surface area contributed by atoms with Crippen LogP contribution in [0.3, 0.4) is 0 Å². The topological polar surface area (TPSA) is 17.8 Å². The van der Waals surface area contributed by atoms with Gasteiger partial charge in [0.15, 0.2) is 0 Å². The zero-order chi connectivity index (χ0) is 15.0. The first-order valence-electron chi connectivity index (χ1n) is 7.85. The van der Waals surface area contributed by atoms with E-state index in [0.717, 1.165) is 34.6 Å². The molecule has 5 rings (SSSR count). The van der Waals surface area contributed by atoms with Crippen molar-refractivity contribution in [1.82, 2.24) is 9.55 Å². The van der Waals surface area contributed by atoms with Crippen LogP contribution >= 0.6 is 0 Å². The molecule has 0 amide bonds. The molecule has 0 N–H and O–H groups in total. The van der Waals surface area contributed by atoms with E-state index >= 15 is 0 Å². The third-order valence-electron chi connectivity index (χ3n) is 5.26. The van der Waals surface area contributed by atoms with Crippen molar-refractivity contribution < 1.29 is 0 Å². The normalized spacial score (nSPS) is 14.7. The van der Waals surface area contributed by atoms with E-state index in [1.165, 1.54) is 44.9 Å². The van der Waals surface area contributed by atoms with Gasteiger partial charge in [0.05, 0.1) is 0 Å². The summed E-state index contributed by atoms with van der Waals surface area (Å²) < 4.78 is 4.03. The van der Waals surface area contributed by atoms with E-state index in [9.17, 15) is 0 Å². The first-order chi connectivity index (χ1) is 10.6. The van der Waals surface area contributed by atoms with E-state index in [2.05, 4.69) is 42.7 Å². The van der Waals surface area contributed by atoms with Gasteiger partial charge in [0.2, 0.25) is 0 Å². The Morgan fingerprint density at radius 1 is 1.13 bits per heavy atom. The molecule has 0 spiro atoms. The number of nitrogens with zero attached hydrogens (tertiary/aromatic N) is 2. The van der Waals surface area contributed by atoms with Crippen LogP contribution in [0.4, 0.5) is 0 Å². The number of rotatable bonds is 0. The third-order valence-corrected chi connectivity index (χ3v) is 6.36. The summed E-state index contributed by atoms with van der Waals surface area (Å²) >= 11 is 1.15. The smallest absolute Gasteiger partial charge is 0.253 e. The SMILES string of the molecule is CC1=[C]([AlH2])Cc2ccc3c(c21)-n1c(nc2cc[c-]c(C)c21)C3.[Bk]. The molecule has 2 heterocycles. The van der Waals surface area contributed by atoms with Crippen molar-refractivity contribution >= 4 is 32.9 Å². The minimum atomic E-state index is 0. The Morgan fingerprint density at radius 3 is 2.74 bits per heavy atom. The second kappa shape index (κ2) is 4.35. The van der Waals surface area contributed by atoms with Crippen LogP contribution in [0.1, 0.15) is 35.0 Å². The van der Waals surface area contributed by atoms with Crippen LogP contribution in [0.5, 0.6) is 0 Å². The third kappa shape index (κ3) is 1.56. The van der Waals surface area contributed by atoms with Crippen LogP contribution in [0.25, 0.3) is 22.3 Å². The maximum Gasteiger partial charge on any atom is 0.253 e. The van der Waals surface area contributed by atoms with Gasteiger partial charge in [-0.15, -0.1) is 16.1 Å². The Morgan fingerprint density at radius 2 is 1.91 bits per heavy atom. The maximum absolute atomic E-state index is 4.87. The molecule has 2 aliphatic rings. The van der Waals surface area contributed by atoms with Crippen LogP contribution < -0.4 is 0 Å². The molecule has 0 saturated heterocycles. The van der Waals surface area contributed by atoms with Crippen LogP contribution in [-0.2, 0) is 12.8 Å². The zero-order valence-corrected chi connectivity index (χ0v) is 18.2. The molecule has 0 saturated carbocycles. The van der Waals surface area contributed by atoms with Crippen molar-refractivity contribution in [3.8, 4) is 5.69 Å². The molecule has 1 aliphatic heterocycles. The first kappa shape index (κ1) is 13.8. The molecular weight excluding hydrogens is 530 g/mol. The van der Waals surface area contributed by atoms with Crippen molar-refractivity contribution in [3.05, 3.63) is 62.8 Å². The Bertz CT molecular complexity index is 1010. The Labute approximate surface area is 137 Å². The number of hydrogen-bond donors (Lipinski definition) is 0. The predicted molar refractivity (Wildman–Crippen MR) is 92.3 cm³/mol. The molecule has 0 fully saturated rings. The second-order valence-electron chi connectivity index (χ2n) is 6.57. The van der Waals surface area contributed by atoms with Gasteiger partial charge in [-0.1, -0.05) is 24.6 Å². The number of hydrogen-bond acceptors (Lipinski definition) is 1. The molecule has 1 radical (unpaired) electrons. The molecule has 115 valence electrons. The quantitative estimate of drug-likeness (QED) is 0.245. The standard InChI is InChI=1S/C19H14N2.Al.Bk.2H/c1-11-6-7-13-8-9-14-10-16-20-15-5-3-4-12(2)18(15)21(16)19(14)17(11)13;;;;/h3,5,8-9H,7,10H2,1-2H3;;;;/q-1;;;;. The van der Waals surface area contributed by atoms with Crippen LogP contribution in [0.15, 0.2) is 28.7 Å². The van der Waals surface area contributed by atoms with Crippen molar-refractivity contribution in [2.24, 2.45) is 0 Å². The molecule has 1 aromatic heterocycles. The van der Waals surface area contributed by atoms with Crippen molar-refractivity contribution in [2.75, 3.05) is 0 Å². The summed E-state index contributed by atoms with van der Waals surface area (Å²) in [6.07, 6.45) is 2.09. The average Bonchev–Trinajstić information content (AvgIpc) is 3.10. The van der Waals surface area contributed by atoms with Crippen LogP contribution in [0, 0.1) is 13.0 Å². The fraction of sp³-hybridized carbons (Fsp3) is 0.211. The largest absolute Gasteiger partial charge is 0.350 e. The molecule has 0 bridgehead atoms. The molecule has 4 heteroatoms. The van der Waals surface area contributed by atoms with E-state index < -0.39 is 0 Å². The second-order valence-corrected chi connectivity index (χ2v) is 7.77. The number of benzene rings is 2. The first-order valence-corrected chi connectivity index (χ1v) is 8.85. The van der Waals surface area contributed by atoms with Gasteiger partial charge in [0.1, 0.15) is 5.82 Å². The molecule has 0 unspecified atom stereocenters. The zero-order valence-electron chi connectivity index (χ0n) is 13.5. The van der Waals surface area contributed by atoms with Crippen molar-refractivity contribution in [3.63, 3.8) is 0 Å². The monoisotopic (exact) mass is 546 g/mol. The number of fused-ring (bicyclic) bond motifs is 7. The summed E-state index contributed by atoms with van der Waals surface area (Å²) in [4.78, 5) is 4.87. The summed E-state index contributed by atoms with van der Waals surface area (Å²) in [5.74, 6) is 1.18. The molecule has 2 nitrogen and oxygen atoms in total. The summed E-state index contributed by atoms with van der Waals surface area (Å²) in [5, 5.41) is 0.